The van der Waals surface area contributed by atoms with Crippen molar-refractivity contribution in [1.82, 2.24) is 0 Å². The maximum absolute atomic E-state index is 2.52. The molecule has 1 aliphatic rings. The Balaban J connectivity index is 2.38. The van der Waals surface area contributed by atoms with E-state index in [-0.39, 0.29) is 28.3 Å². The average Bonchev–Trinajstić information content (AvgIpc) is 2.36. The summed E-state index contributed by atoms with van der Waals surface area (Å²) in [6.07, 6.45) is 8.91. The number of hydrogen-bond acceptors (Lipinski definition) is 0. The summed E-state index contributed by atoms with van der Waals surface area (Å²) in [6, 6.07) is 0. The first-order valence-corrected chi connectivity index (χ1v) is 13.3. The molecule has 0 atom stereocenters. The molecule has 1 rings (SSSR count). The van der Waals surface area contributed by atoms with E-state index in [4.69, 9.17) is 0 Å². The van der Waals surface area contributed by atoms with Gasteiger partial charge in [0.15, 0.2) is 0 Å². The third-order valence-electron chi connectivity index (χ3n) is 1.96. The number of allylic oxidation sites excluding steroid dienone is 4. The Bertz CT molecular complexity index is 204. The van der Waals surface area contributed by atoms with Crippen LogP contribution in [-0.4, -0.2) is 5.92 Å². The van der Waals surface area contributed by atoms with Gasteiger partial charge in [-0.3, -0.25) is 0 Å². The fourth-order valence-electron chi connectivity index (χ4n) is 1.52. The number of hydrogen-bond donors (Lipinski definition) is 0. The summed E-state index contributed by atoms with van der Waals surface area (Å²) in [7, 11) is 0. The molecule has 0 N–H and O–H groups in total. The van der Waals surface area contributed by atoms with Crippen molar-refractivity contribution >= 4 is 5.92 Å². The molecule has 0 amide bonds. The van der Waals surface area contributed by atoms with E-state index in [1.54, 1.807) is 5.57 Å². The maximum atomic E-state index is 2.52. The van der Waals surface area contributed by atoms with Crippen LogP contribution in [0, 0.1) is 0 Å². The van der Waals surface area contributed by atoms with Gasteiger partial charge in [0.25, 0.3) is 0 Å². The second-order valence-electron chi connectivity index (χ2n) is 3.70. The molecule has 0 unspecified atom stereocenters. The van der Waals surface area contributed by atoms with Crippen LogP contribution in [0.3, 0.4) is 0 Å². The van der Waals surface area contributed by atoms with E-state index in [1.807, 2.05) is 3.28 Å². The summed E-state index contributed by atoms with van der Waals surface area (Å²) >= 11 is -0.0468. The molecule has 0 aliphatic heterocycles. The van der Waals surface area contributed by atoms with Gasteiger partial charge in [0.05, 0.1) is 0 Å². The first kappa shape index (κ1) is 10.7. The molecule has 0 aromatic rings. The van der Waals surface area contributed by atoms with Crippen LogP contribution in [-0.2, 0) is 22.4 Å². The van der Waals surface area contributed by atoms with Crippen LogP contribution in [0.5, 0.6) is 0 Å². The summed E-state index contributed by atoms with van der Waals surface area (Å²) in [4.78, 5) is 0. The topological polar surface area (TPSA) is 0 Å². The molecule has 2 heteroatoms. The van der Waals surface area contributed by atoms with Crippen molar-refractivity contribution in [3.05, 3.63) is 21.0 Å². The van der Waals surface area contributed by atoms with Crippen LogP contribution >= 0.6 is 0 Å². The molecule has 0 saturated heterocycles. The molecular weight excluding hydrogens is 239 g/mol. The number of rotatable bonds is 4. The zero-order valence-electron chi connectivity index (χ0n) is 8.35. The van der Waals surface area contributed by atoms with Gasteiger partial charge < -0.3 is 0 Å². The van der Waals surface area contributed by atoms with Gasteiger partial charge in [-0.05, 0) is 0 Å². The molecule has 0 nitrogen and oxygen atoms in total. The van der Waals surface area contributed by atoms with E-state index in [9.17, 15) is 0 Å². The van der Waals surface area contributed by atoms with E-state index >= 15 is 0 Å². The Morgan fingerprint density at radius 2 is 2.25 bits per heavy atom. The molecular formula is C10H18SiZr. The predicted molar refractivity (Wildman–Crippen MR) is 54.6 cm³/mol. The van der Waals surface area contributed by atoms with Crippen molar-refractivity contribution in [3.63, 3.8) is 0 Å². The predicted octanol–water partition coefficient (Wildman–Crippen LogP) is 3.07. The summed E-state index contributed by atoms with van der Waals surface area (Å²) < 4.78 is 1.86. The van der Waals surface area contributed by atoms with Crippen molar-refractivity contribution in [3.8, 4) is 0 Å². The van der Waals surface area contributed by atoms with Gasteiger partial charge in [-0.25, -0.2) is 0 Å². The van der Waals surface area contributed by atoms with E-state index in [1.165, 1.54) is 19.3 Å². The van der Waals surface area contributed by atoms with Crippen LogP contribution in [0.4, 0.5) is 0 Å². The molecule has 12 heavy (non-hydrogen) atoms. The Morgan fingerprint density at radius 1 is 1.50 bits per heavy atom. The van der Waals surface area contributed by atoms with Gasteiger partial charge in [-0.1, -0.05) is 0 Å². The van der Waals surface area contributed by atoms with Gasteiger partial charge >= 0.3 is 88.6 Å². The fraction of sp³-hybridized carbons (Fsp3) is 0.600. The van der Waals surface area contributed by atoms with Crippen molar-refractivity contribution in [2.45, 2.75) is 39.3 Å². The molecule has 0 spiro atoms. The Hall–Kier alpha value is 0.580. The summed E-state index contributed by atoms with van der Waals surface area (Å²) in [5.41, 5.74) is 1.63. The second kappa shape index (κ2) is 5.34. The van der Waals surface area contributed by atoms with Crippen molar-refractivity contribution in [2.75, 3.05) is 0 Å². The molecule has 0 aromatic heterocycles. The zero-order valence-corrected chi connectivity index (χ0v) is 12.0. The van der Waals surface area contributed by atoms with E-state index < -0.39 is 0 Å². The molecule has 1 aliphatic carbocycles. The summed E-state index contributed by atoms with van der Waals surface area (Å²) in [5, 5.41) is 0. The van der Waals surface area contributed by atoms with Crippen LogP contribution in [0.1, 0.15) is 26.2 Å². The Morgan fingerprint density at radius 3 is 2.83 bits per heavy atom. The first-order chi connectivity index (χ1) is 5.72. The molecule has 0 aromatic carbocycles. The molecule has 0 bridgehead atoms. The van der Waals surface area contributed by atoms with Gasteiger partial charge in [0.2, 0.25) is 0 Å². The van der Waals surface area contributed by atoms with E-state index in [0.29, 0.717) is 0 Å². The minimum absolute atomic E-state index is 0.0468. The fourth-order valence-corrected chi connectivity index (χ4v) is 10.1. The standard InChI is InChI=1S/C8H11.C2H7Si.Zr/c1-2-5-8-6-3-4-7-8;1-3-2;/h6-7H,2-3,5H2,1H3;3H,1-2H3;. The minimum atomic E-state index is -0.203. The first-order valence-electron chi connectivity index (χ1n) is 4.88. The SMILES string of the molecule is CCCC1=CC[C]([Zr][SiH](C)C)=C1. The van der Waals surface area contributed by atoms with Gasteiger partial charge in [0, 0.05) is 0 Å². The molecule has 0 saturated carbocycles. The molecule has 0 fully saturated rings. The molecule has 0 heterocycles. The van der Waals surface area contributed by atoms with Crippen molar-refractivity contribution < 1.29 is 22.4 Å². The Labute approximate surface area is 88.3 Å². The van der Waals surface area contributed by atoms with Crippen LogP contribution in [0.2, 0.25) is 13.1 Å². The van der Waals surface area contributed by atoms with Crippen LogP contribution < -0.4 is 0 Å². The van der Waals surface area contributed by atoms with Crippen LogP contribution in [0.25, 0.3) is 0 Å². The summed E-state index contributed by atoms with van der Waals surface area (Å²) in [6.45, 7) is 7.28. The van der Waals surface area contributed by atoms with Crippen LogP contribution in [0.15, 0.2) is 21.0 Å². The molecule has 66 valence electrons. The average molecular weight is 258 g/mol. The monoisotopic (exact) mass is 256 g/mol. The van der Waals surface area contributed by atoms with Crippen molar-refractivity contribution in [2.24, 2.45) is 0 Å². The van der Waals surface area contributed by atoms with Crippen molar-refractivity contribution in [1.29, 1.82) is 0 Å². The zero-order chi connectivity index (χ0) is 8.97. The third-order valence-corrected chi connectivity index (χ3v) is 10.8. The Kier molecular flexibility index (Phi) is 4.74. The molecule has 0 radical (unpaired) electrons. The van der Waals surface area contributed by atoms with Gasteiger partial charge in [-0.2, -0.15) is 0 Å². The second-order valence-corrected chi connectivity index (χ2v) is 18.5. The van der Waals surface area contributed by atoms with E-state index in [2.05, 4.69) is 32.2 Å². The quantitative estimate of drug-likeness (QED) is 0.679. The third kappa shape index (κ3) is 3.53. The van der Waals surface area contributed by atoms with E-state index in [0.717, 1.165) is 0 Å². The van der Waals surface area contributed by atoms with Gasteiger partial charge in [-0.15, -0.1) is 0 Å². The van der Waals surface area contributed by atoms with Gasteiger partial charge in [0.1, 0.15) is 0 Å². The summed E-state index contributed by atoms with van der Waals surface area (Å²) in [5.74, 6) is -0.203. The normalized spacial score (nSPS) is 16.3.